The molecule has 0 aliphatic rings. The highest BCUT2D eigenvalue weighted by Gasteiger charge is 2.22. The highest BCUT2D eigenvalue weighted by molar-refractivity contribution is 7.45. The third kappa shape index (κ3) is 45.1. The molecule has 0 heterocycles. The SMILES string of the molecule is CC/C=C\C/C=C\C/C=C\C/C=C\C[C@H](O)[C@@H](O)CCCC(=O)OC[C@H](COP(=O)([O-])OCC[N+](C)(C)C)OC(=O)CCCCCCCCCCCCCCCCCCCCCCC. The van der Waals surface area contributed by atoms with Gasteiger partial charge in [-0.05, 0) is 51.4 Å². The van der Waals surface area contributed by atoms with Gasteiger partial charge in [-0.3, -0.25) is 14.2 Å². The van der Waals surface area contributed by atoms with Crippen LogP contribution in [0.3, 0.4) is 0 Å². The van der Waals surface area contributed by atoms with E-state index in [0.717, 1.165) is 44.9 Å². The Bertz CT molecular complexity index is 1260. The molecule has 1 unspecified atom stereocenters. The second-order valence-electron chi connectivity index (χ2n) is 18.5. The molecular weight excluding hydrogens is 830 g/mol. The van der Waals surface area contributed by atoms with Gasteiger partial charge < -0.3 is 38.1 Å². The molecule has 374 valence electrons. The van der Waals surface area contributed by atoms with Gasteiger partial charge in [0.2, 0.25) is 0 Å². The lowest BCUT2D eigenvalue weighted by Crippen LogP contribution is -2.37. The van der Waals surface area contributed by atoms with E-state index in [1.165, 1.54) is 109 Å². The lowest BCUT2D eigenvalue weighted by molar-refractivity contribution is -0.870. The van der Waals surface area contributed by atoms with E-state index in [1.807, 2.05) is 33.3 Å². The van der Waals surface area contributed by atoms with E-state index in [0.29, 0.717) is 23.9 Å². The van der Waals surface area contributed by atoms with Crippen LogP contribution >= 0.6 is 7.82 Å². The summed E-state index contributed by atoms with van der Waals surface area (Å²) in [6, 6.07) is 0. The number of phosphoric acid groups is 1. The first kappa shape index (κ1) is 61.9. The summed E-state index contributed by atoms with van der Waals surface area (Å²) in [5.74, 6) is -1.12. The smallest absolute Gasteiger partial charge is 0.306 e. The van der Waals surface area contributed by atoms with Crippen LogP contribution in [0, 0.1) is 0 Å². The number of ether oxygens (including phenoxy) is 2. The van der Waals surface area contributed by atoms with E-state index < -0.39 is 44.7 Å². The van der Waals surface area contributed by atoms with Gasteiger partial charge in [0.05, 0.1) is 40.0 Å². The predicted molar refractivity (Wildman–Crippen MR) is 262 cm³/mol. The van der Waals surface area contributed by atoms with Crippen LogP contribution in [0.15, 0.2) is 48.6 Å². The first-order chi connectivity index (χ1) is 30.8. The third-order valence-corrected chi connectivity index (χ3v) is 12.0. The third-order valence-electron chi connectivity index (χ3n) is 11.1. The molecule has 0 rings (SSSR count). The maximum Gasteiger partial charge on any atom is 0.306 e. The van der Waals surface area contributed by atoms with Gasteiger partial charge in [0.15, 0.2) is 6.10 Å². The summed E-state index contributed by atoms with van der Waals surface area (Å²) in [6.45, 7) is 3.80. The van der Waals surface area contributed by atoms with Crippen molar-refractivity contribution in [3.63, 3.8) is 0 Å². The van der Waals surface area contributed by atoms with Crippen molar-refractivity contribution in [1.29, 1.82) is 0 Å². The van der Waals surface area contributed by atoms with Crippen LogP contribution in [0.2, 0.25) is 0 Å². The topological polar surface area (TPSA) is 152 Å². The molecule has 0 aliphatic carbocycles. The summed E-state index contributed by atoms with van der Waals surface area (Å²) in [7, 11) is 1.01. The zero-order chi connectivity index (χ0) is 47.4. The minimum absolute atomic E-state index is 0.0388. The number of allylic oxidation sites excluding steroid dienone is 7. The molecule has 0 aromatic carbocycles. The Morgan fingerprint density at radius 1 is 0.562 bits per heavy atom. The molecule has 64 heavy (non-hydrogen) atoms. The lowest BCUT2D eigenvalue weighted by atomic mass is 10.0. The minimum atomic E-state index is -4.70. The summed E-state index contributed by atoms with van der Waals surface area (Å²) < 4.78 is 33.8. The molecule has 0 bridgehead atoms. The number of carbonyl (C=O) groups excluding carboxylic acids is 2. The van der Waals surface area contributed by atoms with Crippen molar-refractivity contribution in [1.82, 2.24) is 0 Å². The van der Waals surface area contributed by atoms with Crippen LogP contribution in [-0.4, -0.2) is 92.5 Å². The number of aliphatic hydroxyl groups is 2. The number of quaternary nitrogens is 1. The van der Waals surface area contributed by atoms with Gasteiger partial charge in [-0.2, -0.15) is 0 Å². The lowest BCUT2D eigenvalue weighted by Gasteiger charge is -2.28. The molecule has 0 saturated carbocycles. The molecule has 2 N–H and O–H groups in total. The summed E-state index contributed by atoms with van der Waals surface area (Å²) >= 11 is 0. The van der Waals surface area contributed by atoms with Crippen molar-refractivity contribution in [2.75, 3.05) is 47.5 Å². The van der Waals surface area contributed by atoms with Crippen molar-refractivity contribution < 1.29 is 52.3 Å². The molecule has 0 amide bonds. The molecule has 0 spiro atoms. The van der Waals surface area contributed by atoms with Crippen LogP contribution in [0.1, 0.15) is 206 Å². The summed E-state index contributed by atoms with van der Waals surface area (Å²) in [6.07, 6.45) is 44.6. The van der Waals surface area contributed by atoms with Gasteiger partial charge in [0, 0.05) is 12.8 Å². The first-order valence-corrected chi connectivity index (χ1v) is 27.0. The van der Waals surface area contributed by atoms with E-state index in [1.54, 1.807) is 0 Å². The number of nitrogens with zero attached hydrogens (tertiary/aromatic N) is 1. The number of phosphoric ester groups is 1. The Morgan fingerprint density at radius 3 is 1.47 bits per heavy atom. The molecule has 12 heteroatoms. The van der Waals surface area contributed by atoms with Gasteiger partial charge in [0.1, 0.15) is 19.8 Å². The van der Waals surface area contributed by atoms with Crippen molar-refractivity contribution in [3.8, 4) is 0 Å². The van der Waals surface area contributed by atoms with Gasteiger partial charge in [0.25, 0.3) is 7.82 Å². The molecule has 0 saturated heterocycles. The molecule has 0 aromatic heterocycles. The van der Waals surface area contributed by atoms with Crippen LogP contribution in [0.25, 0.3) is 0 Å². The van der Waals surface area contributed by atoms with Crippen molar-refractivity contribution in [3.05, 3.63) is 48.6 Å². The number of unbranched alkanes of at least 4 members (excludes halogenated alkanes) is 20. The maximum absolute atomic E-state index is 12.8. The second-order valence-corrected chi connectivity index (χ2v) is 19.9. The molecule has 0 radical (unpaired) electrons. The molecule has 4 atom stereocenters. The highest BCUT2D eigenvalue weighted by Crippen LogP contribution is 2.38. The Balaban J connectivity index is 4.44. The number of carbonyl (C=O) groups is 2. The maximum atomic E-state index is 12.8. The highest BCUT2D eigenvalue weighted by atomic mass is 31.2. The van der Waals surface area contributed by atoms with Gasteiger partial charge in [-0.25, -0.2) is 0 Å². The fourth-order valence-electron chi connectivity index (χ4n) is 6.98. The standard InChI is InChI=1S/C52H96NO10P/c1-6-8-10-12-14-16-18-20-21-22-23-24-25-26-27-28-30-32-34-36-38-42-52(57)63-48(47-62-64(58,59)61-45-44-53(3,4)5)46-60-51(56)43-39-41-50(55)49(54)40-37-35-33-31-29-19-17-15-13-11-9-7-2/h9,11,15,17,29,31,35,37,48-50,54-55H,6-8,10,12-14,16,18-28,30,32-34,36,38-47H2,1-5H3/b11-9-,17-15-,31-29-,37-35-/t48-,49+,50+/m1/s1. The number of esters is 2. The molecule has 0 fully saturated rings. The van der Waals surface area contributed by atoms with Crippen LogP contribution in [-0.2, 0) is 32.7 Å². The first-order valence-electron chi connectivity index (χ1n) is 25.5. The van der Waals surface area contributed by atoms with Crippen LogP contribution in [0.4, 0.5) is 0 Å². The monoisotopic (exact) mass is 926 g/mol. The average Bonchev–Trinajstić information content (AvgIpc) is 3.24. The molecule has 0 aliphatic heterocycles. The van der Waals surface area contributed by atoms with Crippen LogP contribution < -0.4 is 4.89 Å². The quantitative estimate of drug-likeness (QED) is 0.0198. The molecule has 0 aromatic rings. The van der Waals surface area contributed by atoms with Gasteiger partial charge in [-0.15, -0.1) is 0 Å². The number of likely N-dealkylation sites (N-methyl/N-ethyl adjacent to an activating group) is 1. The predicted octanol–water partition coefficient (Wildman–Crippen LogP) is 12.3. The summed E-state index contributed by atoms with van der Waals surface area (Å²) in [5, 5.41) is 20.8. The van der Waals surface area contributed by atoms with E-state index in [4.69, 9.17) is 18.5 Å². The number of aliphatic hydroxyl groups excluding tert-OH is 2. The molecular formula is C52H96NO10P. The number of hydrogen-bond donors (Lipinski definition) is 2. The Labute approximate surface area is 391 Å². The van der Waals surface area contributed by atoms with Crippen molar-refractivity contribution >= 4 is 19.8 Å². The normalized spacial score (nSPS) is 14.8. The Hall–Kier alpha value is -2.11. The molecule has 11 nitrogen and oxygen atoms in total. The van der Waals surface area contributed by atoms with Gasteiger partial charge >= 0.3 is 11.9 Å². The fraction of sp³-hybridized carbons (Fsp3) is 0.808. The Kier molecular flexibility index (Phi) is 42.0. The van der Waals surface area contributed by atoms with E-state index in [9.17, 15) is 29.3 Å². The summed E-state index contributed by atoms with van der Waals surface area (Å²) in [5.41, 5.74) is 0. The second kappa shape index (κ2) is 43.5. The van der Waals surface area contributed by atoms with Gasteiger partial charge in [-0.1, -0.05) is 191 Å². The van der Waals surface area contributed by atoms with E-state index >= 15 is 0 Å². The zero-order valence-electron chi connectivity index (χ0n) is 41.4. The number of hydrogen-bond acceptors (Lipinski definition) is 10. The van der Waals surface area contributed by atoms with Crippen molar-refractivity contribution in [2.45, 2.75) is 225 Å². The van der Waals surface area contributed by atoms with Crippen LogP contribution in [0.5, 0.6) is 0 Å². The fourth-order valence-corrected chi connectivity index (χ4v) is 7.71. The zero-order valence-corrected chi connectivity index (χ0v) is 42.3. The average molecular weight is 926 g/mol. The number of rotatable bonds is 46. The summed E-state index contributed by atoms with van der Waals surface area (Å²) in [4.78, 5) is 37.8. The van der Waals surface area contributed by atoms with Crippen molar-refractivity contribution in [2.24, 2.45) is 0 Å². The largest absolute Gasteiger partial charge is 0.756 e. The van der Waals surface area contributed by atoms with E-state index in [-0.39, 0.29) is 38.9 Å². The van der Waals surface area contributed by atoms with E-state index in [2.05, 4.69) is 50.3 Å². The minimum Gasteiger partial charge on any atom is -0.756 e. The Morgan fingerprint density at radius 2 is 1.00 bits per heavy atom.